The van der Waals surface area contributed by atoms with Crippen LogP contribution in [0, 0.1) is 0 Å². The van der Waals surface area contributed by atoms with Crippen molar-refractivity contribution in [1.29, 1.82) is 0 Å². The Labute approximate surface area is 125 Å². The molecular weight excluding hydrogens is 296 g/mol. The van der Waals surface area contributed by atoms with Crippen LogP contribution in [0.3, 0.4) is 0 Å². The van der Waals surface area contributed by atoms with E-state index in [0.29, 0.717) is 12.8 Å². The molecule has 7 heteroatoms. The molecule has 0 aromatic heterocycles. The van der Waals surface area contributed by atoms with E-state index in [0.717, 1.165) is 5.56 Å². The first kappa shape index (κ1) is 17.0. The first-order valence-corrected chi connectivity index (χ1v) is 8.08. The number of aryl methyl sites for hydroxylation is 1. The summed E-state index contributed by atoms with van der Waals surface area (Å²) in [7, 11) is 1.56. The minimum absolute atomic E-state index is 0. The van der Waals surface area contributed by atoms with Gasteiger partial charge in [-0.1, -0.05) is 0 Å². The summed E-state index contributed by atoms with van der Waals surface area (Å²) in [6.45, 7) is 0. The molecule has 0 heterocycles. The van der Waals surface area contributed by atoms with Crippen LogP contribution in [0.1, 0.15) is 12.0 Å². The minimum Gasteiger partial charge on any atom is 1.00 e. The fourth-order valence-electron chi connectivity index (χ4n) is 1.23. The summed E-state index contributed by atoms with van der Waals surface area (Å²) >= 11 is -5.02. The van der Waals surface area contributed by atoms with Crippen LogP contribution in [-0.4, -0.2) is 31.2 Å². The number of hydrogen-bond acceptors (Lipinski definition) is 3. The van der Waals surface area contributed by atoms with Gasteiger partial charge in [0.2, 0.25) is 0 Å². The first-order valence-electron chi connectivity index (χ1n) is 4.77. The summed E-state index contributed by atoms with van der Waals surface area (Å²) in [6.07, 6.45) is 0.899. The molecule has 1 atom stereocenters. The van der Waals surface area contributed by atoms with Crippen LogP contribution >= 0.6 is 0 Å². The number of benzene rings is 1. The molecule has 17 heavy (non-hydrogen) atoms. The van der Waals surface area contributed by atoms with Crippen LogP contribution in [0.25, 0.3) is 0 Å². The van der Waals surface area contributed by atoms with Crippen LogP contribution in [-0.2, 0) is 15.0 Å². The number of carbonyl (C=O) groups is 1. The van der Waals surface area contributed by atoms with E-state index in [1.165, 1.54) is 12.1 Å². The fraction of sp³-hybridized carbons (Fsp3) is 0.300. The summed E-state index contributed by atoms with van der Waals surface area (Å²) in [6, 6.07) is 5.90. The molecular formula is C10H13AsNNaO4. The Morgan fingerprint density at radius 3 is 2.35 bits per heavy atom. The van der Waals surface area contributed by atoms with Gasteiger partial charge in [0.1, 0.15) is 0 Å². The molecule has 1 rings (SSSR count). The molecule has 2 N–H and O–H groups in total. The molecule has 88 valence electrons. The molecule has 1 aromatic carbocycles. The number of amides is 1. The average molecular weight is 309 g/mol. The minimum atomic E-state index is -5.02. The van der Waals surface area contributed by atoms with Crippen molar-refractivity contribution in [3.8, 4) is 0 Å². The van der Waals surface area contributed by atoms with E-state index in [-0.39, 0.29) is 39.8 Å². The van der Waals surface area contributed by atoms with Crippen molar-refractivity contribution in [2.45, 2.75) is 12.8 Å². The van der Waals surface area contributed by atoms with E-state index >= 15 is 0 Å². The van der Waals surface area contributed by atoms with E-state index in [2.05, 4.69) is 5.32 Å². The van der Waals surface area contributed by atoms with Crippen molar-refractivity contribution < 1.29 is 46.3 Å². The van der Waals surface area contributed by atoms with Gasteiger partial charge in [-0.3, -0.25) is 0 Å². The number of hydrogen-bond donors (Lipinski definition) is 2. The van der Waals surface area contributed by atoms with Crippen molar-refractivity contribution in [3.05, 3.63) is 29.8 Å². The fourth-order valence-corrected chi connectivity index (χ4v) is 2.34. The second-order valence-electron chi connectivity index (χ2n) is 3.36. The van der Waals surface area contributed by atoms with E-state index in [1.807, 2.05) is 0 Å². The van der Waals surface area contributed by atoms with Crippen LogP contribution in [0.4, 0.5) is 0 Å². The van der Waals surface area contributed by atoms with Crippen molar-refractivity contribution in [1.82, 2.24) is 5.32 Å². The number of nitrogens with one attached hydrogen (secondary N) is 1. The maximum atomic E-state index is 11.0. The van der Waals surface area contributed by atoms with Gasteiger partial charge in [0.15, 0.2) is 0 Å². The Morgan fingerprint density at radius 2 is 1.94 bits per heavy atom. The van der Waals surface area contributed by atoms with Crippen molar-refractivity contribution in [3.63, 3.8) is 0 Å². The Bertz CT molecular complexity index is 415. The Morgan fingerprint density at radius 1 is 1.41 bits per heavy atom. The molecule has 0 saturated heterocycles. The van der Waals surface area contributed by atoms with Crippen molar-refractivity contribution in [2.24, 2.45) is 0 Å². The molecule has 5 nitrogen and oxygen atoms in total. The maximum Gasteiger partial charge on any atom is 1.00 e. The zero-order chi connectivity index (χ0) is 12.2. The number of carbonyl (C=O) groups excluding carboxylic acids is 1. The Hall–Kier alpha value is -0.0316. The molecule has 0 saturated carbocycles. The molecule has 0 aliphatic heterocycles. The SMILES string of the molecule is CNC(=O)CCc1ccc([As](=O)([O-])O)cc1.[Na+]. The number of rotatable bonds is 4. The predicted molar refractivity (Wildman–Crippen MR) is 57.1 cm³/mol. The van der Waals surface area contributed by atoms with Crippen LogP contribution < -0.4 is 43.3 Å². The van der Waals surface area contributed by atoms with Crippen LogP contribution in [0.5, 0.6) is 0 Å². The molecule has 0 spiro atoms. The van der Waals surface area contributed by atoms with Gasteiger partial charge in [-0.2, -0.15) is 0 Å². The second kappa shape index (κ2) is 7.41. The summed E-state index contributed by atoms with van der Waals surface area (Å²) in [5.74, 6) is -0.0650. The zero-order valence-electron chi connectivity index (χ0n) is 9.84. The van der Waals surface area contributed by atoms with Gasteiger partial charge in [0.05, 0.1) is 0 Å². The molecule has 1 unspecified atom stereocenters. The van der Waals surface area contributed by atoms with Gasteiger partial charge in [-0.15, -0.1) is 0 Å². The predicted octanol–water partition coefficient (Wildman–Crippen LogP) is -4.70. The molecule has 1 aromatic rings. The van der Waals surface area contributed by atoms with Crippen LogP contribution in [0.2, 0.25) is 0 Å². The van der Waals surface area contributed by atoms with E-state index < -0.39 is 14.2 Å². The zero-order valence-corrected chi connectivity index (χ0v) is 13.7. The van der Waals surface area contributed by atoms with Gasteiger partial charge < -0.3 is 0 Å². The normalized spacial score (nSPS) is 13.4. The van der Waals surface area contributed by atoms with E-state index in [1.54, 1.807) is 19.2 Å². The van der Waals surface area contributed by atoms with Gasteiger partial charge in [0, 0.05) is 0 Å². The van der Waals surface area contributed by atoms with Crippen LogP contribution in [0.15, 0.2) is 24.3 Å². The summed E-state index contributed by atoms with van der Waals surface area (Å²) in [5, 5.41) is 2.50. The second-order valence-corrected chi connectivity index (χ2v) is 6.63. The quantitative estimate of drug-likeness (QED) is 0.547. The smallest absolute Gasteiger partial charge is 1.00 e. The molecule has 0 bridgehead atoms. The third-order valence-corrected chi connectivity index (χ3v) is 4.18. The van der Waals surface area contributed by atoms with Gasteiger partial charge >= 0.3 is 126 Å². The Kier molecular flexibility index (Phi) is 7.40. The molecule has 0 aliphatic rings. The largest absolute Gasteiger partial charge is 1.00 e. The van der Waals surface area contributed by atoms with Crippen molar-refractivity contribution in [2.75, 3.05) is 7.05 Å². The van der Waals surface area contributed by atoms with Gasteiger partial charge in [0.25, 0.3) is 0 Å². The van der Waals surface area contributed by atoms with Crippen molar-refractivity contribution >= 4 is 24.4 Å². The standard InChI is InChI=1S/C10H14AsNO4.Na/c1-12-10(13)7-4-8-2-5-9(6-3-8)11(14,15)16;/h2-3,5-6H,4,7H2,1H3,(H,12,13)(H2,14,15,16);/q;+1/p-1. The molecule has 1 amide bonds. The summed E-state index contributed by atoms with van der Waals surface area (Å²) in [4.78, 5) is 11.0. The summed E-state index contributed by atoms with van der Waals surface area (Å²) < 4.78 is 30.5. The van der Waals surface area contributed by atoms with E-state index in [4.69, 9.17) is 4.10 Å². The molecule has 0 aliphatic carbocycles. The van der Waals surface area contributed by atoms with Gasteiger partial charge in [-0.25, -0.2) is 0 Å². The van der Waals surface area contributed by atoms with Gasteiger partial charge in [-0.05, 0) is 0 Å². The molecule has 0 fully saturated rings. The third kappa shape index (κ3) is 5.91. The Balaban J connectivity index is 0.00000256. The summed E-state index contributed by atoms with van der Waals surface area (Å²) in [5.41, 5.74) is 0.858. The topological polar surface area (TPSA) is 89.5 Å². The molecule has 0 radical (unpaired) electrons. The third-order valence-electron chi connectivity index (χ3n) is 2.18. The monoisotopic (exact) mass is 309 g/mol. The van der Waals surface area contributed by atoms with E-state index in [9.17, 15) is 12.6 Å². The maximum absolute atomic E-state index is 11.0. The first-order chi connectivity index (χ1) is 7.43. The average Bonchev–Trinajstić information content (AvgIpc) is 2.25.